The number of nitriles is 2. The fraction of sp³-hybridized carbons (Fsp3) is 0.364. The molecule has 0 fully saturated rings. The van der Waals surface area contributed by atoms with E-state index in [1.54, 1.807) is 13.0 Å². The summed E-state index contributed by atoms with van der Waals surface area (Å²) >= 11 is 1.13. The molecule has 0 amide bonds. The summed E-state index contributed by atoms with van der Waals surface area (Å²) in [6, 6.07) is 9.67. The van der Waals surface area contributed by atoms with Gasteiger partial charge in [-0.2, -0.15) is 10.5 Å². The van der Waals surface area contributed by atoms with Crippen molar-refractivity contribution in [2.24, 2.45) is 10.2 Å². The highest BCUT2D eigenvalue weighted by atomic mass is 32.1. The molecule has 0 aliphatic heterocycles. The SMILES string of the molecule is CC(=O)OCCN(CCOC(C)=O)c1ccc(N=Nc2sc(C#N)c(C)c2C#N)c(C)c1. The predicted octanol–water partition coefficient (Wildman–Crippen LogP) is 4.46. The third kappa shape index (κ3) is 6.62. The Balaban J connectivity index is 2.22. The van der Waals surface area contributed by atoms with Crippen LogP contribution in [0.1, 0.15) is 35.4 Å². The molecule has 0 aliphatic rings. The number of rotatable bonds is 9. The van der Waals surface area contributed by atoms with Crippen molar-refractivity contribution in [3.05, 3.63) is 39.8 Å². The first kappa shape index (κ1) is 24.5. The Bertz CT molecular complexity index is 1090. The number of benzene rings is 1. The van der Waals surface area contributed by atoms with Crippen LogP contribution in [0.4, 0.5) is 16.4 Å². The van der Waals surface area contributed by atoms with Gasteiger partial charge in [0.05, 0.1) is 24.3 Å². The highest BCUT2D eigenvalue weighted by Gasteiger charge is 2.15. The van der Waals surface area contributed by atoms with Gasteiger partial charge in [0.2, 0.25) is 0 Å². The predicted molar refractivity (Wildman–Crippen MR) is 119 cm³/mol. The van der Waals surface area contributed by atoms with Gasteiger partial charge in [0.1, 0.15) is 30.2 Å². The van der Waals surface area contributed by atoms with Gasteiger partial charge in [0, 0.05) is 19.5 Å². The Hall–Kier alpha value is -3.76. The van der Waals surface area contributed by atoms with Gasteiger partial charge in [-0.1, -0.05) is 0 Å². The van der Waals surface area contributed by atoms with Crippen LogP contribution in [0.3, 0.4) is 0 Å². The lowest BCUT2D eigenvalue weighted by Crippen LogP contribution is -2.31. The molecule has 0 N–H and O–H groups in total. The largest absolute Gasteiger partial charge is 0.464 e. The minimum atomic E-state index is -0.364. The molecule has 0 radical (unpaired) electrons. The molecule has 2 aromatic rings. The van der Waals surface area contributed by atoms with E-state index in [0.717, 1.165) is 22.6 Å². The molecule has 1 aromatic heterocycles. The molecule has 0 spiro atoms. The van der Waals surface area contributed by atoms with Crippen LogP contribution in [0.15, 0.2) is 28.4 Å². The van der Waals surface area contributed by atoms with E-state index in [1.807, 2.05) is 24.0 Å². The van der Waals surface area contributed by atoms with Gasteiger partial charge >= 0.3 is 11.9 Å². The number of aryl methyl sites for hydroxylation is 1. The molecule has 0 aliphatic carbocycles. The first-order chi connectivity index (χ1) is 15.3. The Morgan fingerprint density at radius 1 is 1.03 bits per heavy atom. The van der Waals surface area contributed by atoms with Gasteiger partial charge in [0.15, 0.2) is 5.00 Å². The lowest BCUT2D eigenvalue weighted by atomic mass is 10.1. The second-order valence-corrected chi connectivity index (χ2v) is 7.80. The van der Waals surface area contributed by atoms with Gasteiger partial charge in [-0.3, -0.25) is 9.59 Å². The smallest absolute Gasteiger partial charge is 0.302 e. The fourth-order valence-electron chi connectivity index (χ4n) is 2.82. The Morgan fingerprint density at radius 2 is 1.66 bits per heavy atom. The number of carbonyl (C=O) groups is 2. The molecular formula is C22H23N5O4S. The first-order valence-electron chi connectivity index (χ1n) is 9.74. The molecule has 0 saturated heterocycles. The normalized spacial score (nSPS) is 10.4. The third-order valence-corrected chi connectivity index (χ3v) is 5.55. The monoisotopic (exact) mass is 453 g/mol. The molecular weight excluding hydrogens is 430 g/mol. The van der Waals surface area contributed by atoms with E-state index >= 15 is 0 Å². The zero-order valence-electron chi connectivity index (χ0n) is 18.3. The second-order valence-electron chi connectivity index (χ2n) is 6.80. The maximum Gasteiger partial charge on any atom is 0.302 e. The molecule has 0 unspecified atom stereocenters. The number of ether oxygens (including phenoxy) is 2. The highest BCUT2D eigenvalue weighted by molar-refractivity contribution is 7.16. The van der Waals surface area contributed by atoms with E-state index in [4.69, 9.17) is 14.7 Å². The Kier molecular flexibility index (Phi) is 8.87. The minimum Gasteiger partial charge on any atom is -0.464 e. The average Bonchev–Trinajstić information content (AvgIpc) is 3.05. The highest BCUT2D eigenvalue weighted by Crippen LogP contribution is 2.36. The van der Waals surface area contributed by atoms with Crippen LogP contribution in [0.25, 0.3) is 0 Å². The molecule has 0 bridgehead atoms. The molecule has 0 saturated carbocycles. The molecule has 10 heteroatoms. The van der Waals surface area contributed by atoms with E-state index in [-0.39, 0.29) is 25.2 Å². The number of carbonyl (C=O) groups excluding carboxylic acids is 2. The van der Waals surface area contributed by atoms with Crippen LogP contribution in [0.2, 0.25) is 0 Å². The van der Waals surface area contributed by atoms with Crippen molar-refractivity contribution in [3.63, 3.8) is 0 Å². The quantitative estimate of drug-likeness (QED) is 0.405. The van der Waals surface area contributed by atoms with Crippen LogP contribution in [-0.2, 0) is 19.1 Å². The number of hydrogen-bond donors (Lipinski definition) is 0. The number of nitrogens with zero attached hydrogens (tertiary/aromatic N) is 5. The topological polar surface area (TPSA) is 128 Å². The van der Waals surface area contributed by atoms with Gasteiger partial charge < -0.3 is 14.4 Å². The Labute approximate surface area is 190 Å². The molecule has 1 heterocycles. The summed E-state index contributed by atoms with van der Waals surface area (Å²) in [7, 11) is 0. The molecule has 2 rings (SSSR count). The fourth-order valence-corrected chi connectivity index (χ4v) is 3.70. The maximum atomic E-state index is 11.1. The van der Waals surface area contributed by atoms with Crippen molar-refractivity contribution in [2.45, 2.75) is 27.7 Å². The molecule has 0 atom stereocenters. The zero-order valence-corrected chi connectivity index (χ0v) is 19.2. The molecule has 9 nitrogen and oxygen atoms in total. The van der Waals surface area contributed by atoms with Gasteiger partial charge in [-0.15, -0.1) is 21.6 Å². The van der Waals surface area contributed by atoms with E-state index in [2.05, 4.69) is 22.4 Å². The standard InChI is InChI=1S/C22H23N5O4S/c1-14-11-18(27(7-9-30-16(3)28)8-10-31-17(4)29)5-6-20(14)25-26-22-19(12-23)15(2)21(13-24)32-22/h5-6,11H,7-10H2,1-4H3. The lowest BCUT2D eigenvalue weighted by molar-refractivity contribution is -0.141. The second kappa shape index (κ2) is 11.6. The summed E-state index contributed by atoms with van der Waals surface area (Å²) in [5.74, 6) is -0.728. The van der Waals surface area contributed by atoms with Crippen LogP contribution in [0, 0.1) is 36.5 Å². The van der Waals surface area contributed by atoms with E-state index in [0.29, 0.717) is 39.8 Å². The van der Waals surface area contributed by atoms with E-state index in [9.17, 15) is 14.9 Å². The Morgan fingerprint density at radius 3 is 2.16 bits per heavy atom. The number of azo groups is 1. The van der Waals surface area contributed by atoms with Crippen molar-refractivity contribution in [2.75, 3.05) is 31.2 Å². The molecule has 166 valence electrons. The van der Waals surface area contributed by atoms with Crippen LogP contribution >= 0.6 is 11.3 Å². The summed E-state index contributed by atoms with van der Waals surface area (Å²) < 4.78 is 10.1. The van der Waals surface area contributed by atoms with Gasteiger partial charge in [-0.25, -0.2) is 0 Å². The zero-order chi connectivity index (χ0) is 23.7. The minimum absolute atomic E-state index is 0.200. The van der Waals surface area contributed by atoms with E-state index in [1.165, 1.54) is 13.8 Å². The molecule has 1 aromatic carbocycles. The number of hydrogen-bond acceptors (Lipinski definition) is 10. The van der Waals surface area contributed by atoms with Crippen LogP contribution < -0.4 is 4.90 Å². The summed E-state index contributed by atoms with van der Waals surface area (Å²) in [6.45, 7) is 7.54. The van der Waals surface area contributed by atoms with Crippen molar-refractivity contribution < 1.29 is 19.1 Å². The van der Waals surface area contributed by atoms with Crippen molar-refractivity contribution >= 4 is 39.7 Å². The number of anilines is 1. The van der Waals surface area contributed by atoms with Crippen molar-refractivity contribution in [1.29, 1.82) is 10.5 Å². The number of thiophene rings is 1. The average molecular weight is 454 g/mol. The summed E-state index contributed by atoms with van der Waals surface area (Å²) in [5, 5.41) is 27.4. The number of esters is 2. The summed E-state index contributed by atoms with van der Waals surface area (Å²) in [5.41, 5.74) is 3.26. The molecule has 32 heavy (non-hydrogen) atoms. The van der Waals surface area contributed by atoms with E-state index < -0.39 is 0 Å². The van der Waals surface area contributed by atoms with Crippen molar-refractivity contribution in [3.8, 4) is 12.1 Å². The van der Waals surface area contributed by atoms with Crippen LogP contribution in [0.5, 0.6) is 0 Å². The lowest BCUT2D eigenvalue weighted by Gasteiger charge is -2.25. The van der Waals surface area contributed by atoms with Crippen molar-refractivity contribution in [1.82, 2.24) is 0 Å². The van der Waals surface area contributed by atoms with Crippen LogP contribution in [-0.4, -0.2) is 38.2 Å². The van der Waals surface area contributed by atoms with Gasteiger partial charge in [-0.05, 0) is 43.2 Å². The summed E-state index contributed by atoms with van der Waals surface area (Å²) in [4.78, 5) is 24.5. The van der Waals surface area contributed by atoms with Gasteiger partial charge in [0.25, 0.3) is 0 Å². The first-order valence-corrected chi connectivity index (χ1v) is 10.6. The summed E-state index contributed by atoms with van der Waals surface area (Å²) in [6.07, 6.45) is 0. The maximum absolute atomic E-state index is 11.1. The third-order valence-electron chi connectivity index (χ3n) is 4.47.